The Balaban J connectivity index is 1.29. The Bertz CT molecular complexity index is 1490. The highest BCUT2D eigenvalue weighted by atomic mass is 19.3. The van der Waals surface area contributed by atoms with Crippen molar-refractivity contribution >= 4 is 23.4 Å². The lowest BCUT2D eigenvalue weighted by Gasteiger charge is -2.51. The van der Waals surface area contributed by atoms with Gasteiger partial charge in [0.25, 0.3) is 11.8 Å². The number of carbonyl (C=O) groups excluding carboxylic acids is 3. The van der Waals surface area contributed by atoms with E-state index >= 15 is 0 Å². The van der Waals surface area contributed by atoms with E-state index in [2.05, 4.69) is 25.5 Å². The second-order valence-electron chi connectivity index (χ2n) is 10.5. The van der Waals surface area contributed by atoms with Crippen molar-refractivity contribution in [2.45, 2.75) is 51.7 Å². The summed E-state index contributed by atoms with van der Waals surface area (Å²) in [6.45, 7) is -3.12. The summed E-state index contributed by atoms with van der Waals surface area (Å²) in [4.78, 5) is 42.4. The third-order valence-corrected chi connectivity index (χ3v) is 8.20. The molecule has 0 atom stereocenters. The molecular weight excluding hydrogens is 550 g/mol. The number of ether oxygens (including phenoxy) is 2. The summed E-state index contributed by atoms with van der Waals surface area (Å²) in [5.74, 6) is -4.10. The number of carbonyl (C=O) groups is 3. The van der Waals surface area contributed by atoms with E-state index in [1.54, 1.807) is 0 Å². The summed E-state index contributed by atoms with van der Waals surface area (Å²) in [7, 11) is 1.39. The second-order valence-corrected chi connectivity index (χ2v) is 10.5. The first-order valence-corrected chi connectivity index (χ1v) is 13.0. The fourth-order valence-corrected chi connectivity index (χ4v) is 5.74. The molecule has 3 fully saturated rings. The van der Waals surface area contributed by atoms with Gasteiger partial charge in [-0.25, -0.2) is 18.3 Å². The number of hydrogen-bond donors (Lipinski definition) is 2. The Kier molecular flexibility index (Phi) is 7.58. The number of alkyl halides is 2. The Hall–Kier alpha value is -4.23. The van der Waals surface area contributed by atoms with Crippen LogP contribution in [0.5, 0.6) is 5.75 Å². The maximum absolute atomic E-state index is 14.4. The zero-order valence-corrected chi connectivity index (χ0v) is 22.0. The van der Waals surface area contributed by atoms with Gasteiger partial charge in [0, 0.05) is 19.2 Å². The highest BCUT2D eigenvalue weighted by Crippen LogP contribution is 2.57. The van der Waals surface area contributed by atoms with Crippen LogP contribution in [0.2, 0.25) is 0 Å². The van der Waals surface area contributed by atoms with Crippen LogP contribution in [0.3, 0.4) is 0 Å². The molecule has 2 heterocycles. The quantitative estimate of drug-likeness (QED) is 0.293. The first kappa shape index (κ1) is 28.3. The van der Waals surface area contributed by atoms with Crippen LogP contribution in [0.15, 0.2) is 30.5 Å². The summed E-state index contributed by atoms with van der Waals surface area (Å²) in [6, 6.07) is 4.37. The molecule has 2 bridgehead atoms. The molecule has 3 aromatic rings. The number of benzene rings is 1. The van der Waals surface area contributed by atoms with E-state index in [0.717, 1.165) is 42.1 Å². The number of amides is 2. The molecule has 3 saturated carbocycles. The van der Waals surface area contributed by atoms with Gasteiger partial charge >= 0.3 is 12.6 Å². The maximum atomic E-state index is 14.4. The number of nitrogens with zero attached hydrogens (tertiary/aromatic N) is 3. The highest BCUT2D eigenvalue weighted by Gasteiger charge is 2.53. The number of methoxy groups -OCH3 is 1. The van der Waals surface area contributed by atoms with E-state index in [1.807, 2.05) is 0 Å². The summed E-state index contributed by atoms with van der Waals surface area (Å²) in [5.41, 5.74) is -1.14. The van der Waals surface area contributed by atoms with Gasteiger partial charge in [-0.3, -0.25) is 14.4 Å². The number of rotatable bonds is 9. The molecule has 2 aromatic heterocycles. The number of nitrogens with one attached hydrogen (secondary N) is 2. The lowest BCUT2D eigenvalue weighted by Crippen LogP contribution is -2.50. The topological polar surface area (TPSA) is 124 Å². The third-order valence-electron chi connectivity index (χ3n) is 8.20. The van der Waals surface area contributed by atoms with Crippen molar-refractivity contribution in [3.63, 3.8) is 0 Å². The zero-order chi connectivity index (χ0) is 29.4. The summed E-state index contributed by atoms with van der Waals surface area (Å²) in [6.07, 6.45) is 5.12. The van der Waals surface area contributed by atoms with Gasteiger partial charge < -0.3 is 20.1 Å². The van der Waals surface area contributed by atoms with Gasteiger partial charge in [0.1, 0.15) is 11.4 Å². The van der Waals surface area contributed by atoms with E-state index in [-0.39, 0.29) is 40.5 Å². The van der Waals surface area contributed by atoms with Gasteiger partial charge in [-0.15, -0.1) is 0 Å². The molecule has 6 rings (SSSR count). The van der Waals surface area contributed by atoms with Crippen molar-refractivity contribution in [2.75, 3.05) is 13.7 Å². The van der Waals surface area contributed by atoms with Crippen LogP contribution >= 0.6 is 0 Å². The molecule has 41 heavy (non-hydrogen) atoms. The van der Waals surface area contributed by atoms with Crippen molar-refractivity contribution in [3.05, 3.63) is 59.0 Å². The molecule has 0 unspecified atom stereocenters. The molecule has 3 aliphatic carbocycles. The highest BCUT2D eigenvalue weighted by molar-refractivity contribution is 5.98. The molecule has 0 aliphatic heterocycles. The third kappa shape index (κ3) is 5.55. The molecule has 14 heteroatoms. The second kappa shape index (κ2) is 11.0. The lowest BCUT2D eigenvalue weighted by atomic mass is 9.53. The first-order valence-electron chi connectivity index (χ1n) is 13.0. The van der Waals surface area contributed by atoms with Crippen LogP contribution in [0.4, 0.5) is 17.6 Å². The molecular formula is C27H27F4N5O5. The van der Waals surface area contributed by atoms with Gasteiger partial charge in [-0.2, -0.15) is 13.9 Å². The Morgan fingerprint density at radius 3 is 2.37 bits per heavy atom. The van der Waals surface area contributed by atoms with E-state index in [1.165, 1.54) is 19.2 Å². The Labute approximate surface area is 231 Å². The van der Waals surface area contributed by atoms with Crippen LogP contribution in [0, 0.1) is 22.5 Å². The fourth-order valence-electron chi connectivity index (χ4n) is 5.74. The largest absolute Gasteiger partial charge is 0.469 e. The number of halogens is 4. The van der Waals surface area contributed by atoms with Crippen LogP contribution < -0.4 is 15.4 Å². The van der Waals surface area contributed by atoms with E-state index in [4.69, 9.17) is 4.74 Å². The zero-order valence-electron chi connectivity index (χ0n) is 22.0. The first-order chi connectivity index (χ1) is 19.5. The number of fused-ring (bicyclic) bond motifs is 4. The maximum Gasteiger partial charge on any atom is 0.387 e. The van der Waals surface area contributed by atoms with Gasteiger partial charge in [0.05, 0.1) is 18.7 Å². The molecule has 2 amide bonds. The fraction of sp³-hybridized carbons (Fsp3) is 0.444. The average Bonchev–Trinajstić information content (AvgIpc) is 3.36. The van der Waals surface area contributed by atoms with Crippen molar-refractivity contribution in [1.82, 2.24) is 25.2 Å². The molecule has 218 valence electrons. The van der Waals surface area contributed by atoms with Crippen molar-refractivity contribution < 1.29 is 41.4 Å². The summed E-state index contributed by atoms with van der Waals surface area (Å²) >= 11 is 0. The summed E-state index contributed by atoms with van der Waals surface area (Å²) < 4.78 is 63.3. The molecule has 2 N–H and O–H groups in total. The minimum absolute atomic E-state index is 0.120. The van der Waals surface area contributed by atoms with E-state index in [9.17, 15) is 31.9 Å². The van der Waals surface area contributed by atoms with Gasteiger partial charge in [-0.1, -0.05) is 6.07 Å². The molecule has 1 aromatic carbocycles. The Morgan fingerprint density at radius 2 is 1.71 bits per heavy atom. The van der Waals surface area contributed by atoms with Crippen molar-refractivity contribution in [1.29, 1.82) is 0 Å². The predicted molar refractivity (Wildman–Crippen MR) is 134 cm³/mol. The minimum Gasteiger partial charge on any atom is -0.469 e. The predicted octanol–water partition coefficient (Wildman–Crippen LogP) is 3.78. The minimum atomic E-state index is -3.23. The number of hydrogen-bond acceptors (Lipinski definition) is 7. The normalized spacial score (nSPS) is 21.6. The molecule has 0 saturated heterocycles. The van der Waals surface area contributed by atoms with Crippen molar-refractivity contribution in [3.8, 4) is 5.75 Å². The SMILES string of the molecule is COC(=O)C12CCC(CNC(=O)c3cc(C(=O)NCc4ccc(F)c(OC(F)F)c4)nc4c(F)cnn34)(CC1)CC2. The van der Waals surface area contributed by atoms with Gasteiger partial charge in [-0.05, 0) is 61.6 Å². The Morgan fingerprint density at radius 1 is 1.00 bits per heavy atom. The molecule has 10 nitrogen and oxygen atoms in total. The lowest BCUT2D eigenvalue weighted by molar-refractivity contribution is -0.162. The molecule has 0 spiro atoms. The van der Waals surface area contributed by atoms with Gasteiger partial charge in [0.15, 0.2) is 23.0 Å². The summed E-state index contributed by atoms with van der Waals surface area (Å²) in [5, 5.41) is 9.25. The van der Waals surface area contributed by atoms with E-state index < -0.39 is 41.2 Å². The van der Waals surface area contributed by atoms with E-state index in [0.29, 0.717) is 25.8 Å². The van der Waals surface area contributed by atoms with Crippen LogP contribution in [-0.2, 0) is 16.1 Å². The molecule has 0 radical (unpaired) electrons. The van der Waals surface area contributed by atoms with Gasteiger partial charge in [0.2, 0.25) is 0 Å². The van der Waals surface area contributed by atoms with Crippen molar-refractivity contribution in [2.24, 2.45) is 10.8 Å². The smallest absolute Gasteiger partial charge is 0.387 e. The number of esters is 1. The van der Waals surface area contributed by atoms with Crippen LogP contribution in [0.25, 0.3) is 5.65 Å². The van der Waals surface area contributed by atoms with Crippen LogP contribution in [0.1, 0.15) is 65.1 Å². The monoisotopic (exact) mass is 577 g/mol. The standard InChI is InChI=1S/C27H27F4N5O5/c1-40-24(39)27-7-4-26(5-8-27,6-9-27)14-33-23(38)19-11-18(35-21-17(29)13-34-36(19)21)22(37)32-12-15-2-3-16(28)20(10-15)41-25(30)31/h2-3,10-11,13,25H,4-9,12,14H2,1H3,(H,32,37)(H,33,38). The average molecular weight is 578 g/mol. The number of aromatic nitrogens is 3. The molecule has 3 aliphatic rings. The van der Waals surface area contributed by atoms with Crippen LogP contribution in [-0.4, -0.2) is 52.6 Å².